The molecule has 0 N–H and O–H groups in total. The molecule has 6 rings (SSSR count). The molecule has 2 fully saturated rings. The summed E-state index contributed by atoms with van der Waals surface area (Å²) in [4.78, 5) is 30.5. The Kier molecular flexibility index (Phi) is 10.8. The Bertz CT molecular complexity index is 1360. The highest BCUT2D eigenvalue weighted by atomic mass is 79.9. The fraction of sp³-hybridized carbons (Fsp3) is 0.407. The van der Waals surface area contributed by atoms with Gasteiger partial charge in [0.15, 0.2) is 18.4 Å². The Morgan fingerprint density at radius 2 is 1.54 bits per heavy atom. The lowest BCUT2D eigenvalue weighted by molar-refractivity contribution is -0.112. The number of fused-ring (bicyclic) bond motifs is 2. The normalized spacial score (nSPS) is 16.9. The fourth-order valence-electron chi connectivity index (χ4n) is 4.02. The molecule has 2 saturated heterocycles. The minimum absolute atomic E-state index is 0.0332. The number of hydrogen-bond donors (Lipinski definition) is 0. The van der Waals surface area contributed by atoms with Gasteiger partial charge >= 0.3 is 0 Å². The third-order valence-corrected chi connectivity index (χ3v) is 6.34. The molecule has 4 heterocycles. The highest BCUT2D eigenvalue weighted by Gasteiger charge is 2.17. The largest absolute Gasteiger partial charge is 0.350 e. The van der Waals surface area contributed by atoms with E-state index in [0.29, 0.717) is 49.3 Å². The molecule has 0 unspecified atom stereocenters. The van der Waals surface area contributed by atoms with Crippen molar-refractivity contribution < 1.29 is 32.5 Å². The van der Waals surface area contributed by atoms with E-state index in [0.717, 1.165) is 30.5 Å². The van der Waals surface area contributed by atoms with Gasteiger partial charge in [-0.3, -0.25) is 14.6 Å². The number of carbonyl (C=O) groups is 1. The number of ether oxygens (including phenoxy) is 4. The number of nitrogens with zero attached hydrogens (tertiary/aromatic N) is 3. The zero-order valence-corrected chi connectivity index (χ0v) is 22.6. The zero-order chi connectivity index (χ0) is 27.6. The number of aliphatic imine (C=N–C) groups is 1. The minimum atomic E-state index is -0.368. The van der Waals surface area contributed by atoms with Gasteiger partial charge in [0, 0.05) is 37.2 Å². The van der Waals surface area contributed by atoms with Crippen molar-refractivity contribution in [1.29, 1.82) is 0 Å². The number of hydrogen-bond acceptors (Lipinski definition) is 8. The maximum atomic E-state index is 13.1. The Labute approximate surface area is 231 Å². The Balaban J connectivity index is 0.000000150. The Hall–Kier alpha value is -2.90. The van der Waals surface area contributed by atoms with Gasteiger partial charge < -0.3 is 23.5 Å². The third kappa shape index (κ3) is 8.54. The van der Waals surface area contributed by atoms with Crippen LogP contribution in [0.25, 0.3) is 11.0 Å². The molecule has 1 aromatic heterocycles. The van der Waals surface area contributed by atoms with Crippen LogP contribution in [0.15, 0.2) is 52.4 Å². The maximum absolute atomic E-state index is 13.1. The molecule has 12 heteroatoms. The molecule has 208 valence electrons. The van der Waals surface area contributed by atoms with Gasteiger partial charge in [0.05, 0.1) is 55.6 Å². The topological polar surface area (TPSA) is 101 Å². The van der Waals surface area contributed by atoms with Crippen LogP contribution in [0, 0.1) is 11.6 Å². The second-order valence-electron chi connectivity index (χ2n) is 8.66. The number of Topliss-reactive ketones (excluding diaryl/α,β-unsaturated/α-hetero) is 1. The van der Waals surface area contributed by atoms with Crippen LogP contribution in [-0.2, 0) is 36.7 Å². The SMILES string of the molecule is BrCCC1OCCO1.O=C1C=Nc2cc(F)ccc2C1.O=c1cnc2cc(F)ccc2n1CCC1OCCO1. The lowest BCUT2D eigenvalue weighted by Gasteiger charge is -2.12. The zero-order valence-electron chi connectivity index (χ0n) is 21.1. The van der Waals surface area contributed by atoms with E-state index in [1.165, 1.54) is 36.7 Å². The van der Waals surface area contributed by atoms with E-state index in [2.05, 4.69) is 25.9 Å². The van der Waals surface area contributed by atoms with Crippen molar-refractivity contribution in [2.45, 2.75) is 38.4 Å². The van der Waals surface area contributed by atoms with Crippen molar-refractivity contribution in [3.8, 4) is 0 Å². The number of aromatic nitrogens is 2. The van der Waals surface area contributed by atoms with Crippen LogP contribution >= 0.6 is 15.9 Å². The van der Waals surface area contributed by atoms with Crippen LogP contribution < -0.4 is 5.56 Å². The van der Waals surface area contributed by atoms with Gasteiger partial charge in [0.25, 0.3) is 5.56 Å². The monoisotopic (exact) mass is 607 g/mol. The van der Waals surface area contributed by atoms with Crippen LogP contribution in [0.4, 0.5) is 14.5 Å². The first-order valence-electron chi connectivity index (χ1n) is 12.5. The molecule has 0 amide bonds. The molecule has 3 aromatic rings. The second-order valence-corrected chi connectivity index (χ2v) is 9.46. The number of halogens is 3. The van der Waals surface area contributed by atoms with Gasteiger partial charge in [-0.15, -0.1) is 0 Å². The Morgan fingerprint density at radius 1 is 0.897 bits per heavy atom. The van der Waals surface area contributed by atoms with Gasteiger partial charge in [-0.05, 0) is 29.8 Å². The quantitative estimate of drug-likeness (QED) is 0.403. The molecule has 0 saturated carbocycles. The average molecular weight is 608 g/mol. The number of carbonyl (C=O) groups excluding carboxylic acids is 1. The summed E-state index contributed by atoms with van der Waals surface area (Å²) < 4.78 is 48.3. The first-order chi connectivity index (χ1) is 18.9. The van der Waals surface area contributed by atoms with E-state index < -0.39 is 0 Å². The van der Waals surface area contributed by atoms with E-state index in [1.807, 2.05) is 0 Å². The van der Waals surface area contributed by atoms with Gasteiger partial charge in [-0.2, -0.15) is 0 Å². The molecule has 0 atom stereocenters. The first kappa shape index (κ1) is 29.1. The summed E-state index contributed by atoms with van der Waals surface area (Å²) in [5.74, 6) is -0.720. The van der Waals surface area contributed by atoms with Crippen molar-refractivity contribution in [2.24, 2.45) is 4.99 Å². The molecule has 0 bridgehead atoms. The van der Waals surface area contributed by atoms with Gasteiger partial charge in [-0.25, -0.2) is 13.8 Å². The van der Waals surface area contributed by atoms with Crippen molar-refractivity contribution in [3.63, 3.8) is 0 Å². The van der Waals surface area contributed by atoms with Crippen molar-refractivity contribution in [1.82, 2.24) is 9.55 Å². The summed E-state index contributed by atoms with van der Waals surface area (Å²) in [6.45, 7) is 3.15. The summed E-state index contributed by atoms with van der Waals surface area (Å²) in [6.07, 6.45) is 4.11. The predicted octanol–water partition coefficient (Wildman–Crippen LogP) is 4.10. The van der Waals surface area contributed by atoms with Gasteiger partial charge in [-0.1, -0.05) is 22.0 Å². The van der Waals surface area contributed by atoms with E-state index in [4.69, 9.17) is 18.9 Å². The third-order valence-electron chi connectivity index (χ3n) is 5.88. The standard InChI is InChI=1S/C13H13FN2O3.C9H6FNO.C5H9BrO2/c14-9-1-2-11-10(7-9)15-8-12(17)16(11)4-3-13-18-5-6-19-13;10-7-2-1-6-3-8(12)5-11-9(6)4-7;6-2-1-5-7-3-4-8-5/h1-2,7-8,13H,3-6H2;1-2,4-5H,3H2;5H,1-4H2. The lowest BCUT2D eigenvalue weighted by Crippen LogP contribution is -2.23. The lowest BCUT2D eigenvalue weighted by atomic mass is 10.1. The fourth-order valence-corrected chi connectivity index (χ4v) is 4.40. The molecular weight excluding hydrogens is 580 g/mol. The predicted molar refractivity (Wildman–Crippen MR) is 144 cm³/mol. The second kappa shape index (κ2) is 14.5. The summed E-state index contributed by atoms with van der Waals surface area (Å²) in [5, 5.41) is 0.956. The van der Waals surface area contributed by atoms with Crippen molar-refractivity contribution in [2.75, 3.05) is 31.8 Å². The summed E-state index contributed by atoms with van der Waals surface area (Å²) >= 11 is 3.30. The van der Waals surface area contributed by atoms with Crippen molar-refractivity contribution in [3.05, 3.63) is 70.1 Å². The van der Waals surface area contributed by atoms with Crippen LogP contribution in [0.2, 0.25) is 0 Å². The smallest absolute Gasteiger partial charge is 0.269 e. The molecule has 39 heavy (non-hydrogen) atoms. The molecule has 0 radical (unpaired) electrons. The molecule has 3 aliphatic rings. The summed E-state index contributed by atoms with van der Waals surface area (Å²) in [5.41, 5.74) is 2.23. The Morgan fingerprint density at radius 3 is 2.23 bits per heavy atom. The van der Waals surface area contributed by atoms with E-state index in [-0.39, 0.29) is 35.6 Å². The van der Waals surface area contributed by atoms with Crippen LogP contribution in [0.1, 0.15) is 18.4 Å². The number of alkyl halides is 1. The van der Waals surface area contributed by atoms with Crippen molar-refractivity contribution >= 4 is 44.6 Å². The van der Waals surface area contributed by atoms with E-state index in [1.54, 1.807) is 16.7 Å². The summed E-state index contributed by atoms with van der Waals surface area (Å²) in [6, 6.07) is 8.47. The van der Waals surface area contributed by atoms with Crippen LogP contribution in [0.5, 0.6) is 0 Å². The highest BCUT2D eigenvalue weighted by molar-refractivity contribution is 9.09. The molecule has 0 spiro atoms. The molecule has 3 aliphatic heterocycles. The molecule has 2 aromatic carbocycles. The molecular formula is C27H28BrF2N3O6. The molecule has 9 nitrogen and oxygen atoms in total. The number of benzene rings is 2. The minimum Gasteiger partial charge on any atom is -0.350 e. The average Bonchev–Trinajstić information content (AvgIpc) is 3.64. The maximum Gasteiger partial charge on any atom is 0.269 e. The summed E-state index contributed by atoms with van der Waals surface area (Å²) in [7, 11) is 0. The van der Waals surface area contributed by atoms with Gasteiger partial charge in [0.1, 0.15) is 11.6 Å². The number of aryl methyl sites for hydroxylation is 1. The molecule has 0 aliphatic carbocycles. The van der Waals surface area contributed by atoms with Crippen LogP contribution in [-0.4, -0.2) is 65.9 Å². The van der Waals surface area contributed by atoms with E-state index in [9.17, 15) is 18.4 Å². The van der Waals surface area contributed by atoms with Gasteiger partial charge in [0.2, 0.25) is 0 Å². The van der Waals surface area contributed by atoms with Crippen LogP contribution in [0.3, 0.4) is 0 Å². The highest BCUT2D eigenvalue weighted by Crippen LogP contribution is 2.23. The number of rotatable bonds is 5. The number of ketones is 1. The van der Waals surface area contributed by atoms with E-state index >= 15 is 0 Å². The first-order valence-corrected chi connectivity index (χ1v) is 13.6.